The van der Waals surface area contributed by atoms with E-state index in [0.29, 0.717) is 66.0 Å². The lowest BCUT2D eigenvalue weighted by molar-refractivity contribution is -0.119. The molecule has 0 saturated carbocycles. The Labute approximate surface area is 225 Å². The normalized spacial score (nSPS) is 18.8. The van der Waals surface area contributed by atoms with E-state index in [0.717, 1.165) is 11.6 Å². The Hall–Kier alpha value is -4.33. The van der Waals surface area contributed by atoms with E-state index in [2.05, 4.69) is 10.3 Å². The molecule has 0 spiro atoms. The standard InChI is InChI=1S/C31H28F2N2O4/c1-18-28(31(37)35-23-13-12-21(32)16-22(23)33)29(30-24(34-18)9-6-10-25(30)36)20-11-14-26(27(15-20)38-2)39-17-19-7-4-3-5-8-19/h3-5,7-8,11-16,28-29H,6,9-10,17H2,1-2H3,(H,35,37)/t28?,29-/m0/s1. The molecular weight excluding hydrogens is 502 g/mol. The van der Waals surface area contributed by atoms with E-state index in [-0.39, 0.29) is 11.5 Å². The fraction of sp³-hybridized carbons (Fsp3) is 0.258. The van der Waals surface area contributed by atoms with Crippen LogP contribution in [0.25, 0.3) is 0 Å². The second kappa shape index (κ2) is 11.2. The minimum Gasteiger partial charge on any atom is -0.493 e. The van der Waals surface area contributed by atoms with Crippen LogP contribution in [0.15, 0.2) is 83.0 Å². The fourth-order valence-electron chi connectivity index (χ4n) is 5.24. The van der Waals surface area contributed by atoms with Crippen molar-refractivity contribution in [2.45, 2.75) is 38.7 Å². The first-order chi connectivity index (χ1) is 18.9. The molecule has 0 fully saturated rings. The summed E-state index contributed by atoms with van der Waals surface area (Å²) in [5.41, 5.74) is 3.20. The number of aliphatic imine (C=N–C) groups is 1. The van der Waals surface area contributed by atoms with Gasteiger partial charge in [-0.1, -0.05) is 36.4 Å². The summed E-state index contributed by atoms with van der Waals surface area (Å²) >= 11 is 0. The van der Waals surface area contributed by atoms with Gasteiger partial charge in [0.05, 0.1) is 18.7 Å². The highest BCUT2D eigenvalue weighted by Gasteiger charge is 2.42. The molecule has 200 valence electrons. The molecular formula is C31H28F2N2O4. The molecule has 0 saturated heterocycles. The molecule has 1 N–H and O–H groups in total. The summed E-state index contributed by atoms with van der Waals surface area (Å²) in [5, 5.41) is 2.57. The third-order valence-corrected chi connectivity index (χ3v) is 7.09. The van der Waals surface area contributed by atoms with Crippen LogP contribution in [0.2, 0.25) is 0 Å². The number of carbonyl (C=O) groups is 2. The minimum atomic E-state index is -0.893. The van der Waals surface area contributed by atoms with Crippen molar-refractivity contribution in [1.29, 1.82) is 0 Å². The minimum absolute atomic E-state index is 0.0633. The van der Waals surface area contributed by atoms with Crippen molar-refractivity contribution in [1.82, 2.24) is 0 Å². The lowest BCUT2D eigenvalue weighted by Gasteiger charge is -2.35. The molecule has 3 aromatic carbocycles. The largest absolute Gasteiger partial charge is 0.493 e. The molecule has 0 radical (unpaired) electrons. The van der Waals surface area contributed by atoms with Crippen molar-refractivity contribution in [2.75, 3.05) is 12.4 Å². The van der Waals surface area contributed by atoms with Gasteiger partial charge in [-0.3, -0.25) is 14.6 Å². The van der Waals surface area contributed by atoms with Gasteiger partial charge in [-0.15, -0.1) is 0 Å². The van der Waals surface area contributed by atoms with Crippen LogP contribution in [0, 0.1) is 17.6 Å². The second-order valence-electron chi connectivity index (χ2n) is 9.64. The summed E-state index contributed by atoms with van der Waals surface area (Å²) < 4.78 is 39.5. The van der Waals surface area contributed by atoms with E-state index in [1.807, 2.05) is 36.4 Å². The smallest absolute Gasteiger partial charge is 0.234 e. The zero-order valence-electron chi connectivity index (χ0n) is 21.7. The average molecular weight is 531 g/mol. The monoisotopic (exact) mass is 530 g/mol. The quantitative estimate of drug-likeness (QED) is 0.385. The lowest BCUT2D eigenvalue weighted by atomic mass is 9.71. The van der Waals surface area contributed by atoms with E-state index in [4.69, 9.17) is 9.47 Å². The molecule has 1 aliphatic heterocycles. The molecule has 1 aliphatic carbocycles. The van der Waals surface area contributed by atoms with Gasteiger partial charge >= 0.3 is 0 Å². The summed E-state index contributed by atoms with van der Waals surface area (Å²) in [7, 11) is 1.53. The van der Waals surface area contributed by atoms with Crippen LogP contribution in [-0.4, -0.2) is 24.5 Å². The summed E-state index contributed by atoms with van der Waals surface area (Å²) in [4.78, 5) is 31.5. The first-order valence-electron chi connectivity index (χ1n) is 12.8. The third kappa shape index (κ3) is 5.46. The van der Waals surface area contributed by atoms with Gasteiger partial charge in [-0.2, -0.15) is 0 Å². The van der Waals surface area contributed by atoms with Crippen molar-refractivity contribution < 1.29 is 27.8 Å². The number of hydrogen-bond donors (Lipinski definition) is 1. The topological polar surface area (TPSA) is 77.0 Å². The molecule has 8 heteroatoms. The maximum atomic E-state index is 14.4. The number of allylic oxidation sites excluding steroid dienone is 2. The van der Waals surface area contributed by atoms with Crippen molar-refractivity contribution in [3.8, 4) is 11.5 Å². The molecule has 3 aromatic rings. The van der Waals surface area contributed by atoms with Crippen LogP contribution in [0.5, 0.6) is 11.5 Å². The zero-order valence-corrected chi connectivity index (χ0v) is 21.7. The van der Waals surface area contributed by atoms with E-state index in [1.165, 1.54) is 13.2 Å². The Kier molecular flexibility index (Phi) is 7.54. The van der Waals surface area contributed by atoms with Crippen molar-refractivity contribution >= 4 is 23.1 Å². The van der Waals surface area contributed by atoms with E-state index in [1.54, 1.807) is 19.1 Å². The molecule has 1 heterocycles. The Bertz CT molecular complexity index is 1480. The van der Waals surface area contributed by atoms with E-state index in [9.17, 15) is 18.4 Å². The van der Waals surface area contributed by atoms with Crippen LogP contribution < -0.4 is 14.8 Å². The van der Waals surface area contributed by atoms with Crippen LogP contribution >= 0.6 is 0 Å². The van der Waals surface area contributed by atoms with Crippen LogP contribution in [0.3, 0.4) is 0 Å². The molecule has 6 nitrogen and oxygen atoms in total. The van der Waals surface area contributed by atoms with Gasteiger partial charge in [0.15, 0.2) is 17.3 Å². The zero-order chi connectivity index (χ0) is 27.5. The Morgan fingerprint density at radius 1 is 1.03 bits per heavy atom. The summed E-state index contributed by atoms with van der Waals surface area (Å²) in [6.07, 6.45) is 1.68. The molecule has 39 heavy (non-hydrogen) atoms. The molecule has 1 unspecified atom stereocenters. The van der Waals surface area contributed by atoms with Crippen molar-refractivity contribution in [3.63, 3.8) is 0 Å². The number of anilines is 1. The highest BCUT2D eigenvalue weighted by atomic mass is 19.1. The maximum absolute atomic E-state index is 14.4. The highest BCUT2D eigenvalue weighted by molar-refractivity contribution is 6.13. The number of nitrogens with zero attached hydrogens (tertiary/aromatic N) is 1. The molecule has 5 rings (SSSR count). The third-order valence-electron chi connectivity index (χ3n) is 7.09. The van der Waals surface area contributed by atoms with Crippen molar-refractivity contribution in [2.24, 2.45) is 10.9 Å². The van der Waals surface area contributed by atoms with Gasteiger partial charge in [0.1, 0.15) is 18.2 Å². The number of hydrogen-bond acceptors (Lipinski definition) is 5. The van der Waals surface area contributed by atoms with Gasteiger partial charge in [-0.25, -0.2) is 8.78 Å². The van der Waals surface area contributed by atoms with Gasteiger partial charge in [0.2, 0.25) is 5.91 Å². The summed E-state index contributed by atoms with van der Waals surface area (Å²) in [6, 6.07) is 18.0. The number of amides is 1. The fourth-order valence-corrected chi connectivity index (χ4v) is 5.24. The first kappa shape index (κ1) is 26.3. The van der Waals surface area contributed by atoms with Gasteiger partial charge in [0.25, 0.3) is 0 Å². The number of benzene rings is 3. The Morgan fingerprint density at radius 3 is 2.56 bits per heavy atom. The maximum Gasteiger partial charge on any atom is 0.234 e. The summed E-state index contributed by atoms with van der Waals surface area (Å²) in [6.45, 7) is 2.07. The van der Waals surface area contributed by atoms with Gasteiger partial charge in [-0.05, 0) is 55.2 Å². The number of ether oxygens (including phenoxy) is 2. The second-order valence-corrected chi connectivity index (χ2v) is 9.64. The van der Waals surface area contributed by atoms with E-state index >= 15 is 0 Å². The van der Waals surface area contributed by atoms with Crippen LogP contribution in [0.4, 0.5) is 14.5 Å². The number of Topliss-reactive ketones (excluding diaryl/α,β-unsaturated/α-hetero) is 1. The number of methoxy groups -OCH3 is 1. The van der Waals surface area contributed by atoms with Crippen LogP contribution in [-0.2, 0) is 16.2 Å². The lowest BCUT2D eigenvalue weighted by Crippen LogP contribution is -2.39. The molecule has 2 atom stereocenters. The molecule has 0 bridgehead atoms. The predicted molar refractivity (Wildman–Crippen MR) is 144 cm³/mol. The Morgan fingerprint density at radius 2 is 1.82 bits per heavy atom. The number of carbonyl (C=O) groups excluding carboxylic acids is 2. The molecule has 2 aliphatic rings. The number of halogens is 2. The number of nitrogens with one attached hydrogen (secondary N) is 1. The van der Waals surface area contributed by atoms with Gasteiger partial charge < -0.3 is 14.8 Å². The molecule has 1 amide bonds. The number of ketones is 1. The molecule has 0 aromatic heterocycles. The predicted octanol–water partition coefficient (Wildman–Crippen LogP) is 6.37. The summed E-state index contributed by atoms with van der Waals surface area (Å²) in [5.74, 6) is -2.82. The first-order valence-corrected chi connectivity index (χ1v) is 12.8. The van der Waals surface area contributed by atoms with Crippen molar-refractivity contribution in [3.05, 3.63) is 101 Å². The van der Waals surface area contributed by atoms with Gasteiger partial charge in [0, 0.05) is 35.4 Å². The number of rotatable bonds is 7. The van der Waals surface area contributed by atoms with E-state index < -0.39 is 29.4 Å². The van der Waals surface area contributed by atoms with Crippen LogP contribution in [0.1, 0.15) is 43.2 Å². The highest BCUT2D eigenvalue weighted by Crippen LogP contribution is 2.45. The Balaban J connectivity index is 1.51. The average Bonchev–Trinajstić information content (AvgIpc) is 2.93. The SMILES string of the molecule is COc1cc([C@@H]2C3=C(CCCC3=O)N=C(C)C2C(=O)Nc2ccc(F)cc2F)ccc1OCc1ccccc1.